The topological polar surface area (TPSA) is 39.4 Å². The van der Waals surface area contributed by atoms with E-state index >= 15 is 0 Å². The van der Waals surface area contributed by atoms with Gasteiger partial charge in [0.1, 0.15) is 17.9 Å². The quantitative estimate of drug-likeness (QED) is 0.444. The van der Waals surface area contributed by atoms with Crippen LogP contribution in [-0.4, -0.2) is 13.1 Å². The van der Waals surface area contributed by atoms with Crippen molar-refractivity contribution in [3.8, 4) is 0 Å². The maximum Gasteiger partial charge on any atom is 0.313 e. The van der Waals surface area contributed by atoms with Gasteiger partial charge in [0.05, 0.1) is 7.11 Å². The van der Waals surface area contributed by atoms with Crippen molar-refractivity contribution in [2.75, 3.05) is 7.11 Å². The Morgan fingerprint density at radius 3 is 2.65 bits per heavy atom. The lowest BCUT2D eigenvalue weighted by Crippen LogP contribution is -2.06. The molecule has 0 aliphatic heterocycles. The van der Waals surface area contributed by atoms with Gasteiger partial charge >= 0.3 is 5.97 Å². The zero-order valence-corrected chi connectivity index (χ0v) is 15.4. The second-order valence-electron chi connectivity index (χ2n) is 6.32. The Hall–Kier alpha value is -1.51. The molecule has 0 N–H and O–H groups in total. The van der Waals surface area contributed by atoms with Crippen LogP contribution in [0.4, 0.5) is 0 Å². The molecule has 3 nitrogen and oxygen atoms in total. The molecule has 0 bridgehead atoms. The van der Waals surface area contributed by atoms with E-state index in [2.05, 4.69) is 45.9 Å². The lowest BCUT2D eigenvalue weighted by Gasteiger charge is -2.15. The van der Waals surface area contributed by atoms with Gasteiger partial charge in [-0.25, -0.2) is 0 Å². The number of allylic oxidation sites excluding steroid dienone is 2. The first-order valence-electron chi connectivity index (χ1n) is 8.87. The largest absolute Gasteiger partial charge is 0.469 e. The van der Waals surface area contributed by atoms with E-state index in [-0.39, 0.29) is 12.4 Å². The summed E-state index contributed by atoms with van der Waals surface area (Å²) in [6.45, 7) is 8.77. The first-order chi connectivity index (χ1) is 11.0. The summed E-state index contributed by atoms with van der Waals surface area (Å²) < 4.78 is 10.7. The van der Waals surface area contributed by atoms with E-state index in [1.165, 1.54) is 20.0 Å². The fraction of sp³-hybridized carbons (Fsp3) is 0.650. The highest BCUT2D eigenvalue weighted by atomic mass is 16.5. The van der Waals surface area contributed by atoms with Crippen LogP contribution < -0.4 is 0 Å². The van der Waals surface area contributed by atoms with Crippen molar-refractivity contribution in [2.24, 2.45) is 11.8 Å². The molecular weight excluding hydrogens is 288 g/mol. The third-order valence-electron chi connectivity index (χ3n) is 4.28. The molecule has 0 amide bonds. The summed E-state index contributed by atoms with van der Waals surface area (Å²) in [5.41, 5.74) is 1.12. The van der Waals surface area contributed by atoms with Gasteiger partial charge in [-0.3, -0.25) is 4.79 Å². The molecule has 1 aromatic rings. The van der Waals surface area contributed by atoms with E-state index in [0.29, 0.717) is 11.8 Å². The van der Waals surface area contributed by atoms with Gasteiger partial charge in [0, 0.05) is 6.42 Å². The molecule has 1 heterocycles. The lowest BCUT2D eigenvalue weighted by atomic mass is 9.90. The third kappa shape index (κ3) is 6.64. The Bertz CT molecular complexity index is 499. The van der Waals surface area contributed by atoms with Gasteiger partial charge in [-0.2, -0.15) is 0 Å². The number of rotatable bonds is 10. The van der Waals surface area contributed by atoms with Crippen LogP contribution in [0.25, 0.3) is 0 Å². The van der Waals surface area contributed by atoms with Crippen LogP contribution in [-0.2, 0) is 28.8 Å². The van der Waals surface area contributed by atoms with Crippen LogP contribution in [0.3, 0.4) is 0 Å². The van der Waals surface area contributed by atoms with Gasteiger partial charge in [0.15, 0.2) is 0 Å². The number of carbonyl (C=O) groups excluding carboxylic acids is 1. The van der Waals surface area contributed by atoms with Crippen molar-refractivity contribution in [1.29, 1.82) is 0 Å². The van der Waals surface area contributed by atoms with E-state index in [4.69, 9.17) is 9.15 Å². The second kappa shape index (κ2) is 10.3. The van der Waals surface area contributed by atoms with Crippen LogP contribution in [0.2, 0.25) is 0 Å². The highest BCUT2D eigenvalue weighted by molar-refractivity contribution is 5.72. The zero-order chi connectivity index (χ0) is 17.2. The Kier molecular flexibility index (Phi) is 8.75. The van der Waals surface area contributed by atoms with Crippen molar-refractivity contribution in [1.82, 2.24) is 0 Å². The molecule has 0 aromatic carbocycles. The molecule has 0 fully saturated rings. The zero-order valence-electron chi connectivity index (χ0n) is 15.4. The Balaban J connectivity index is 2.68. The summed E-state index contributed by atoms with van der Waals surface area (Å²) in [5.74, 6) is 2.70. The van der Waals surface area contributed by atoms with Crippen molar-refractivity contribution < 1.29 is 13.9 Å². The van der Waals surface area contributed by atoms with E-state index in [0.717, 1.165) is 36.3 Å². The molecule has 0 aliphatic carbocycles. The van der Waals surface area contributed by atoms with Crippen LogP contribution in [0.1, 0.15) is 64.0 Å². The minimum Gasteiger partial charge on any atom is -0.469 e. The van der Waals surface area contributed by atoms with Crippen molar-refractivity contribution in [3.05, 3.63) is 35.3 Å². The molecule has 0 radical (unpaired) electrons. The van der Waals surface area contributed by atoms with Gasteiger partial charge in [0.25, 0.3) is 0 Å². The molecule has 2 atom stereocenters. The molecule has 0 aliphatic rings. The van der Waals surface area contributed by atoms with E-state index in [1.54, 1.807) is 0 Å². The molecule has 23 heavy (non-hydrogen) atoms. The molecule has 130 valence electrons. The maximum absolute atomic E-state index is 11.5. The minimum atomic E-state index is -0.246. The highest BCUT2D eigenvalue weighted by Gasteiger charge is 2.17. The van der Waals surface area contributed by atoms with Crippen molar-refractivity contribution in [3.63, 3.8) is 0 Å². The molecule has 2 unspecified atom stereocenters. The third-order valence-corrected chi connectivity index (χ3v) is 4.28. The van der Waals surface area contributed by atoms with Crippen LogP contribution >= 0.6 is 0 Å². The van der Waals surface area contributed by atoms with E-state index in [1.807, 2.05) is 0 Å². The van der Waals surface area contributed by atoms with Crippen LogP contribution in [0.5, 0.6) is 0 Å². The van der Waals surface area contributed by atoms with Gasteiger partial charge in [-0.1, -0.05) is 39.8 Å². The monoisotopic (exact) mass is 320 g/mol. The first kappa shape index (κ1) is 19.5. The smallest absolute Gasteiger partial charge is 0.313 e. The molecule has 1 rings (SSSR count). The Morgan fingerprint density at radius 1 is 1.35 bits per heavy atom. The van der Waals surface area contributed by atoms with Gasteiger partial charge < -0.3 is 9.15 Å². The molecule has 1 aromatic heterocycles. The summed E-state index contributed by atoms with van der Waals surface area (Å²) in [6, 6.07) is 2.11. The highest BCUT2D eigenvalue weighted by Crippen LogP contribution is 2.24. The molecule has 0 saturated carbocycles. The number of hydrogen-bond donors (Lipinski definition) is 0. The number of carbonyl (C=O) groups is 1. The number of ether oxygens (including phenoxy) is 1. The maximum atomic E-state index is 11.5. The predicted octanol–water partition coefficient (Wildman–Crippen LogP) is 5.12. The van der Waals surface area contributed by atoms with E-state index < -0.39 is 0 Å². The van der Waals surface area contributed by atoms with E-state index in [9.17, 15) is 4.79 Å². The average Bonchev–Trinajstić information content (AvgIpc) is 2.92. The number of aryl methyl sites for hydroxylation is 1. The van der Waals surface area contributed by atoms with Gasteiger partial charge in [-0.15, -0.1) is 0 Å². The first-order valence-corrected chi connectivity index (χ1v) is 8.87. The molecule has 0 saturated heterocycles. The van der Waals surface area contributed by atoms with Crippen LogP contribution in [0, 0.1) is 11.8 Å². The molecule has 0 spiro atoms. The van der Waals surface area contributed by atoms with Crippen molar-refractivity contribution >= 4 is 5.97 Å². The standard InChI is InChI=1S/C20H32O3/c1-6-9-10-16(7-2)11-15(4)12-18-13-17(8-3)19(23-18)14-20(21)22-5/h9-10,13,15-16H,6-8,11-12,14H2,1-5H3. The second-order valence-corrected chi connectivity index (χ2v) is 6.32. The summed E-state index contributed by atoms with van der Waals surface area (Å²) in [5, 5.41) is 0. The number of methoxy groups -OCH3 is 1. The lowest BCUT2D eigenvalue weighted by molar-refractivity contribution is -0.140. The summed E-state index contributed by atoms with van der Waals surface area (Å²) in [6.07, 6.45) is 10.1. The number of esters is 1. The molecular formula is C20H32O3. The van der Waals surface area contributed by atoms with Gasteiger partial charge in [-0.05, 0) is 49.1 Å². The fourth-order valence-corrected chi connectivity index (χ4v) is 2.93. The fourth-order valence-electron chi connectivity index (χ4n) is 2.93. The molecule has 3 heteroatoms. The number of hydrogen-bond acceptors (Lipinski definition) is 3. The average molecular weight is 320 g/mol. The predicted molar refractivity (Wildman–Crippen MR) is 94.5 cm³/mol. The Morgan fingerprint density at radius 2 is 2.09 bits per heavy atom. The Labute approximate surface area is 141 Å². The SMILES string of the molecule is CCC=CC(CC)CC(C)Cc1cc(CC)c(CC(=O)OC)o1. The summed E-state index contributed by atoms with van der Waals surface area (Å²) in [7, 11) is 1.41. The van der Waals surface area contributed by atoms with Crippen LogP contribution in [0.15, 0.2) is 22.6 Å². The minimum absolute atomic E-state index is 0.227. The summed E-state index contributed by atoms with van der Waals surface area (Å²) >= 11 is 0. The van der Waals surface area contributed by atoms with Gasteiger partial charge in [0.2, 0.25) is 0 Å². The normalized spacial score (nSPS) is 14.1. The summed E-state index contributed by atoms with van der Waals surface area (Å²) in [4.78, 5) is 11.5. The van der Waals surface area contributed by atoms with Crippen molar-refractivity contribution in [2.45, 2.75) is 66.2 Å². The number of furan rings is 1.